The molecule has 0 saturated heterocycles. The molecule has 0 radical (unpaired) electrons. The van der Waals surface area contributed by atoms with E-state index in [2.05, 4.69) is 63.4 Å². The smallest absolute Gasteiger partial charge is 0.0733 e. The highest BCUT2D eigenvalue weighted by atomic mass is 32.2. The summed E-state index contributed by atoms with van der Waals surface area (Å²) >= 11 is 1.83. The van der Waals surface area contributed by atoms with Crippen LogP contribution >= 0.6 is 11.8 Å². The Morgan fingerprint density at radius 1 is 1.24 bits per heavy atom. The molecule has 2 nitrogen and oxygen atoms in total. The Bertz CT molecular complexity index is 447. The number of thioether (sulfide) groups is 1. The Kier molecular flexibility index (Phi) is 6.15. The third kappa shape index (κ3) is 4.48. The second-order valence-corrected chi connectivity index (χ2v) is 7.42. The molecule has 0 aromatic heterocycles. The lowest BCUT2D eigenvalue weighted by Gasteiger charge is -2.40. The Morgan fingerprint density at radius 3 is 2.62 bits per heavy atom. The van der Waals surface area contributed by atoms with E-state index in [0.29, 0.717) is 24.2 Å². The number of likely N-dealkylation sites (N-methyl/N-ethyl adjacent to an activating group) is 1. The summed E-state index contributed by atoms with van der Waals surface area (Å²) in [6.07, 6.45) is 6.43. The average molecular weight is 308 g/mol. The fraction of sp³-hybridized carbons (Fsp3) is 0.667. The summed E-state index contributed by atoms with van der Waals surface area (Å²) < 4.78 is 6.15. The minimum Gasteiger partial charge on any atom is -0.374 e. The van der Waals surface area contributed by atoms with Crippen LogP contribution in [0.2, 0.25) is 0 Å². The quantitative estimate of drug-likeness (QED) is 0.748. The molecule has 3 atom stereocenters. The van der Waals surface area contributed by atoms with Crippen molar-refractivity contribution < 1.29 is 4.74 Å². The standard InChI is InChI=1S/C18H29NOS/c1-13(2)20-18-10-9-15(12-17(18)19(3)4)14-7-6-8-16(11-14)21-5/h6-8,11,13,15,17-18H,9-10,12H2,1-5H3/t15-,17-,18-/m0/s1. The SMILES string of the molecule is CSc1cccc([C@H]2CC[C@H](OC(C)C)[C@@H](N(C)C)C2)c1. The highest BCUT2D eigenvalue weighted by Gasteiger charge is 2.33. The number of ether oxygens (including phenoxy) is 1. The zero-order valence-corrected chi connectivity index (χ0v) is 14.8. The van der Waals surface area contributed by atoms with E-state index in [-0.39, 0.29) is 0 Å². The van der Waals surface area contributed by atoms with Gasteiger partial charge in [0.05, 0.1) is 12.2 Å². The van der Waals surface area contributed by atoms with Crippen LogP contribution in [-0.2, 0) is 4.74 Å². The van der Waals surface area contributed by atoms with E-state index in [0.717, 1.165) is 6.42 Å². The predicted molar refractivity (Wildman–Crippen MR) is 92.3 cm³/mol. The molecule has 21 heavy (non-hydrogen) atoms. The van der Waals surface area contributed by atoms with Crippen LogP contribution in [0.3, 0.4) is 0 Å². The van der Waals surface area contributed by atoms with Gasteiger partial charge in [-0.25, -0.2) is 0 Å². The van der Waals surface area contributed by atoms with Crippen molar-refractivity contribution in [3.05, 3.63) is 29.8 Å². The van der Waals surface area contributed by atoms with Gasteiger partial charge in [0.2, 0.25) is 0 Å². The molecule has 1 saturated carbocycles. The molecule has 0 N–H and O–H groups in total. The summed E-state index contributed by atoms with van der Waals surface area (Å²) in [6.45, 7) is 4.28. The second kappa shape index (κ2) is 7.66. The molecule has 1 aliphatic rings. The van der Waals surface area contributed by atoms with Crippen molar-refractivity contribution in [2.24, 2.45) is 0 Å². The molecule has 1 aliphatic carbocycles. The van der Waals surface area contributed by atoms with Crippen LogP contribution in [0.25, 0.3) is 0 Å². The molecule has 0 bridgehead atoms. The Labute approximate surface area is 134 Å². The monoisotopic (exact) mass is 307 g/mol. The number of hydrogen-bond acceptors (Lipinski definition) is 3. The van der Waals surface area contributed by atoms with Crippen LogP contribution in [0.4, 0.5) is 0 Å². The van der Waals surface area contributed by atoms with Crippen molar-refractivity contribution in [1.82, 2.24) is 4.90 Å². The third-order valence-corrected chi connectivity index (χ3v) is 5.16. The van der Waals surface area contributed by atoms with Gasteiger partial charge in [-0.3, -0.25) is 0 Å². The lowest BCUT2D eigenvalue weighted by molar-refractivity contribution is -0.0569. The second-order valence-electron chi connectivity index (χ2n) is 6.54. The molecule has 0 unspecified atom stereocenters. The minimum atomic E-state index is 0.314. The van der Waals surface area contributed by atoms with Crippen molar-refractivity contribution in [3.63, 3.8) is 0 Å². The topological polar surface area (TPSA) is 12.5 Å². The van der Waals surface area contributed by atoms with Gasteiger partial charge in [-0.2, -0.15) is 0 Å². The van der Waals surface area contributed by atoms with Gasteiger partial charge in [0, 0.05) is 10.9 Å². The molecule has 0 spiro atoms. The highest BCUT2D eigenvalue weighted by molar-refractivity contribution is 7.98. The molecule has 2 rings (SSSR count). The van der Waals surface area contributed by atoms with Gasteiger partial charge >= 0.3 is 0 Å². The number of rotatable bonds is 5. The van der Waals surface area contributed by atoms with Crippen molar-refractivity contribution in [3.8, 4) is 0 Å². The zero-order valence-electron chi connectivity index (χ0n) is 14.0. The van der Waals surface area contributed by atoms with Gasteiger partial charge in [0.1, 0.15) is 0 Å². The van der Waals surface area contributed by atoms with E-state index in [4.69, 9.17) is 4.74 Å². The molecule has 118 valence electrons. The first-order valence-corrected chi connectivity index (χ1v) is 9.19. The minimum absolute atomic E-state index is 0.314. The van der Waals surface area contributed by atoms with E-state index < -0.39 is 0 Å². The average Bonchev–Trinajstić information content (AvgIpc) is 2.47. The van der Waals surface area contributed by atoms with Crippen LogP contribution in [0.1, 0.15) is 44.6 Å². The lowest BCUT2D eigenvalue weighted by Crippen LogP contribution is -2.45. The van der Waals surface area contributed by atoms with E-state index >= 15 is 0 Å². The van der Waals surface area contributed by atoms with Gasteiger partial charge in [-0.15, -0.1) is 11.8 Å². The maximum atomic E-state index is 6.15. The maximum absolute atomic E-state index is 6.15. The highest BCUT2D eigenvalue weighted by Crippen LogP contribution is 2.37. The summed E-state index contributed by atoms with van der Waals surface area (Å²) in [7, 11) is 4.37. The molecular formula is C18H29NOS. The van der Waals surface area contributed by atoms with Gasteiger partial charge in [0.25, 0.3) is 0 Å². The fourth-order valence-electron chi connectivity index (χ4n) is 3.37. The van der Waals surface area contributed by atoms with Crippen LogP contribution < -0.4 is 0 Å². The molecule has 1 aromatic carbocycles. The fourth-order valence-corrected chi connectivity index (χ4v) is 3.84. The molecule has 3 heteroatoms. The summed E-state index contributed by atoms with van der Waals surface area (Å²) in [4.78, 5) is 3.71. The first-order valence-electron chi connectivity index (χ1n) is 7.97. The largest absolute Gasteiger partial charge is 0.374 e. The van der Waals surface area contributed by atoms with Gasteiger partial charge < -0.3 is 9.64 Å². The normalized spacial score (nSPS) is 26.5. The first-order chi connectivity index (χ1) is 10.0. The first kappa shape index (κ1) is 16.9. The Hall–Kier alpha value is -0.510. The Balaban J connectivity index is 2.10. The van der Waals surface area contributed by atoms with Crippen molar-refractivity contribution in [2.45, 2.75) is 62.2 Å². The summed E-state index contributed by atoms with van der Waals surface area (Å²) in [5.74, 6) is 0.663. The van der Waals surface area contributed by atoms with Crippen LogP contribution in [0.5, 0.6) is 0 Å². The van der Waals surface area contributed by atoms with Crippen molar-refractivity contribution in [2.75, 3.05) is 20.4 Å². The van der Waals surface area contributed by atoms with Gasteiger partial charge in [-0.1, -0.05) is 12.1 Å². The van der Waals surface area contributed by atoms with E-state index in [1.165, 1.54) is 23.3 Å². The van der Waals surface area contributed by atoms with Gasteiger partial charge in [-0.05, 0) is 77.1 Å². The van der Waals surface area contributed by atoms with Crippen LogP contribution in [0, 0.1) is 0 Å². The maximum Gasteiger partial charge on any atom is 0.0733 e. The van der Waals surface area contributed by atoms with E-state index in [1.54, 1.807) is 0 Å². The zero-order chi connectivity index (χ0) is 15.4. The number of benzene rings is 1. The molecule has 0 aliphatic heterocycles. The van der Waals surface area contributed by atoms with Crippen molar-refractivity contribution >= 4 is 11.8 Å². The lowest BCUT2D eigenvalue weighted by atomic mass is 9.79. The van der Waals surface area contributed by atoms with Crippen molar-refractivity contribution in [1.29, 1.82) is 0 Å². The van der Waals surface area contributed by atoms with Crippen LogP contribution in [0.15, 0.2) is 29.2 Å². The number of nitrogens with zero attached hydrogens (tertiary/aromatic N) is 1. The van der Waals surface area contributed by atoms with Gasteiger partial charge in [0.15, 0.2) is 0 Å². The summed E-state index contributed by atoms with van der Waals surface area (Å²) in [5.41, 5.74) is 1.50. The third-order valence-electron chi connectivity index (χ3n) is 4.43. The molecular weight excluding hydrogens is 278 g/mol. The van der Waals surface area contributed by atoms with Crippen LogP contribution in [-0.4, -0.2) is 43.5 Å². The molecule has 0 amide bonds. The summed E-state index contributed by atoms with van der Waals surface area (Å²) in [5, 5.41) is 0. The predicted octanol–water partition coefficient (Wildman–Crippen LogP) is 4.40. The molecule has 1 aromatic rings. The van der Waals surface area contributed by atoms with E-state index in [1.807, 2.05) is 11.8 Å². The van der Waals surface area contributed by atoms with E-state index in [9.17, 15) is 0 Å². The number of hydrogen-bond donors (Lipinski definition) is 0. The summed E-state index contributed by atoms with van der Waals surface area (Å²) in [6, 6.07) is 9.57. The Morgan fingerprint density at radius 2 is 2.00 bits per heavy atom. The molecule has 0 heterocycles. The molecule has 1 fully saturated rings.